The molecule has 1 aliphatic rings. The molecule has 1 unspecified atom stereocenters. The van der Waals surface area contributed by atoms with E-state index >= 15 is 0 Å². The van der Waals surface area contributed by atoms with Crippen molar-refractivity contribution >= 4 is 5.95 Å². The summed E-state index contributed by atoms with van der Waals surface area (Å²) in [5, 5.41) is 0. The molecular weight excluding hydrogens is 204 g/mol. The molecule has 2 N–H and O–H groups in total. The van der Waals surface area contributed by atoms with Gasteiger partial charge >= 0.3 is 0 Å². The minimum absolute atomic E-state index is 0.362. The van der Waals surface area contributed by atoms with Gasteiger partial charge in [0.25, 0.3) is 0 Å². The Balaban J connectivity index is 2.20. The van der Waals surface area contributed by atoms with Crippen LogP contribution in [0.25, 0.3) is 0 Å². The standard InChI is InChI=1S/C11H18N4O/c1-16-10-5-6-13-11(14-10)15-7-3-2-4-9(15)8-12/h5-6,9H,2-4,7-8,12H2,1H3. The fourth-order valence-corrected chi connectivity index (χ4v) is 2.09. The van der Waals surface area contributed by atoms with Gasteiger partial charge in [0, 0.05) is 31.4 Å². The van der Waals surface area contributed by atoms with Crippen molar-refractivity contribution in [2.75, 3.05) is 25.1 Å². The Bertz CT molecular complexity index is 345. The summed E-state index contributed by atoms with van der Waals surface area (Å²) in [5.74, 6) is 1.33. The number of nitrogens with two attached hydrogens (primary N) is 1. The number of nitrogens with zero attached hydrogens (tertiary/aromatic N) is 3. The van der Waals surface area contributed by atoms with Gasteiger partial charge in [-0.3, -0.25) is 0 Å². The van der Waals surface area contributed by atoms with Crippen LogP contribution in [0.2, 0.25) is 0 Å². The van der Waals surface area contributed by atoms with Gasteiger partial charge in [-0.2, -0.15) is 4.98 Å². The van der Waals surface area contributed by atoms with E-state index < -0.39 is 0 Å². The number of rotatable bonds is 3. The minimum Gasteiger partial charge on any atom is -0.481 e. The van der Waals surface area contributed by atoms with Crippen molar-refractivity contribution in [3.05, 3.63) is 12.3 Å². The Morgan fingerprint density at radius 1 is 1.56 bits per heavy atom. The summed E-state index contributed by atoms with van der Waals surface area (Å²) < 4.78 is 5.11. The van der Waals surface area contributed by atoms with Crippen molar-refractivity contribution in [1.29, 1.82) is 0 Å². The average molecular weight is 222 g/mol. The summed E-state index contributed by atoms with van der Waals surface area (Å²) in [6, 6.07) is 2.12. The van der Waals surface area contributed by atoms with Gasteiger partial charge in [-0.25, -0.2) is 4.98 Å². The highest BCUT2D eigenvalue weighted by Gasteiger charge is 2.23. The van der Waals surface area contributed by atoms with E-state index in [0.717, 1.165) is 18.9 Å². The van der Waals surface area contributed by atoms with Crippen LogP contribution in [0, 0.1) is 0 Å². The van der Waals surface area contributed by atoms with E-state index in [0.29, 0.717) is 18.5 Å². The maximum absolute atomic E-state index is 5.77. The third-order valence-electron chi connectivity index (χ3n) is 2.98. The van der Waals surface area contributed by atoms with Crippen LogP contribution < -0.4 is 15.4 Å². The first-order valence-electron chi connectivity index (χ1n) is 5.69. The van der Waals surface area contributed by atoms with Gasteiger partial charge in [0.05, 0.1) is 7.11 Å². The number of anilines is 1. The summed E-state index contributed by atoms with van der Waals surface area (Å²) in [5.41, 5.74) is 5.77. The molecule has 5 heteroatoms. The van der Waals surface area contributed by atoms with Crippen molar-refractivity contribution in [1.82, 2.24) is 9.97 Å². The maximum atomic E-state index is 5.77. The van der Waals surface area contributed by atoms with E-state index in [-0.39, 0.29) is 0 Å². The molecule has 1 atom stereocenters. The summed E-state index contributed by atoms with van der Waals surface area (Å²) in [4.78, 5) is 10.8. The Morgan fingerprint density at radius 2 is 2.44 bits per heavy atom. The predicted octanol–water partition coefficient (Wildman–Crippen LogP) is 0.803. The van der Waals surface area contributed by atoms with Crippen LogP contribution in [0.15, 0.2) is 12.3 Å². The molecule has 0 amide bonds. The largest absolute Gasteiger partial charge is 0.481 e. The SMILES string of the molecule is COc1ccnc(N2CCCCC2CN)n1. The van der Waals surface area contributed by atoms with E-state index in [2.05, 4.69) is 14.9 Å². The number of hydrogen-bond acceptors (Lipinski definition) is 5. The second kappa shape index (κ2) is 5.12. The van der Waals surface area contributed by atoms with Crippen molar-refractivity contribution < 1.29 is 4.74 Å². The fraction of sp³-hybridized carbons (Fsp3) is 0.636. The Labute approximate surface area is 95.6 Å². The maximum Gasteiger partial charge on any atom is 0.228 e. The molecule has 0 aromatic carbocycles. The van der Waals surface area contributed by atoms with Gasteiger partial charge in [-0.05, 0) is 19.3 Å². The molecule has 16 heavy (non-hydrogen) atoms. The molecule has 2 rings (SSSR count). The van der Waals surface area contributed by atoms with E-state index in [1.54, 1.807) is 19.4 Å². The van der Waals surface area contributed by atoms with Crippen molar-refractivity contribution in [2.24, 2.45) is 5.73 Å². The fourth-order valence-electron chi connectivity index (χ4n) is 2.09. The zero-order valence-electron chi connectivity index (χ0n) is 9.59. The highest BCUT2D eigenvalue weighted by atomic mass is 16.5. The lowest BCUT2D eigenvalue weighted by Crippen LogP contribution is -2.45. The second-order valence-corrected chi connectivity index (χ2v) is 3.98. The Kier molecular flexibility index (Phi) is 3.56. The van der Waals surface area contributed by atoms with E-state index in [9.17, 15) is 0 Å². The van der Waals surface area contributed by atoms with Crippen molar-refractivity contribution in [3.8, 4) is 5.88 Å². The van der Waals surface area contributed by atoms with Crippen LogP contribution in [0.5, 0.6) is 5.88 Å². The van der Waals surface area contributed by atoms with Crippen molar-refractivity contribution in [2.45, 2.75) is 25.3 Å². The second-order valence-electron chi connectivity index (χ2n) is 3.98. The number of piperidine rings is 1. The average Bonchev–Trinajstić information content (AvgIpc) is 2.38. The lowest BCUT2D eigenvalue weighted by atomic mass is 10.0. The predicted molar refractivity (Wildman–Crippen MR) is 62.6 cm³/mol. The normalized spacial score (nSPS) is 20.9. The first-order chi connectivity index (χ1) is 7.85. The molecule has 0 spiro atoms. The van der Waals surface area contributed by atoms with Crippen LogP contribution in [-0.4, -0.2) is 36.2 Å². The molecule has 88 valence electrons. The van der Waals surface area contributed by atoms with Gasteiger partial charge in [0.2, 0.25) is 11.8 Å². The highest BCUT2D eigenvalue weighted by Crippen LogP contribution is 2.22. The topological polar surface area (TPSA) is 64.3 Å². The summed E-state index contributed by atoms with van der Waals surface area (Å²) >= 11 is 0. The lowest BCUT2D eigenvalue weighted by Gasteiger charge is -2.34. The van der Waals surface area contributed by atoms with Crippen LogP contribution in [0.1, 0.15) is 19.3 Å². The Hall–Kier alpha value is -1.36. The van der Waals surface area contributed by atoms with Crippen LogP contribution in [0.4, 0.5) is 5.95 Å². The van der Waals surface area contributed by atoms with E-state index in [1.165, 1.54) is 12.8 Å². The molecular formula is C11H18N4O. The zero-order chi connectivity index (χ0) is 11.4. The van der Waals surface area contributed by atoms with Crippen LogP contribution in [0.3, 0.4) is 0 Å². The van der Waals surface area contributed by atoms with Gasteiger partial charge in [-0.1, -0.05) is 0 Å². The third kappa shape index (κ3) is 2.24. The van der Waals surface area contributed by atoms with Gasteiger partial charge in [0.1, 0.15) is 0 Å². The van der Waals surface area contributed by atoms with Crippen LogP contribution >= 0.6 is 0 Å². The van der Waals surface area contributed by atoms with Crippen LogP contribution in [-0.2, 0) is 0 Å². The molecule has 1 aromatic heterocycles. The zero-order valence-corrected chi connectivity index (χ0v) is 9.59. The van der Waals surface area contributed by atoms with Gasteiger partial charge < -0.3 is 15.4 Å². The van der Waals surface area contributed by atoms with E-state index in [1.807, 2.05) is 0 Å². The molecule has 0 saturated carbocycles. The molecule has 1 fully saturated rings. The molecule has 1 saturated heterocycles. The van der Waals surface area contributed by atoms with Gasteiger partial charge in [0.15, 0.2) is 0 Å². The number of ether oxygens (including phenoxy) is 1. The first-order valence-corrected chi connectivity index (χ1v) is 5.69. The van der Waals surface area contributed by atoms with E-state index in [4.69, 9.17) is 10.5 Å². The molecule has 5 nitrogen and oxygen atoms in total. The summed E-state index contributed by atoms with van der Waals surface area (Å²) in [7, 11) is 1.61. The smallest absolute Gasteiger partial charge is 0.228 e. The third-order valence-corrected chi connectivity index (χ3v) is 2.98. The number of methoxy groups -OCH3 is 1. The molecule has 0 bridgehead atoms. The highest BCUT2D eigenvalue weighted by molar-refractivity contribution is 5.34. The lowest BCUT2D eigenvalue weighted by molar-refractivity contribution is 0.393. The molecule has 1 aliphatic heterocycles. The molecule has 0 aliphatic carbocycles. The Morgan fingerprint density at radius 3 is 3.19 bits per heavy atom. The number of aromatic nitrogens is 2. The summed E-state index contributed by atoms with van der Waals surface area (Å²) in [6.45, 7) is 1.63. The molecule has 2 heterocycles. The first kappa shape index (κ1) is 11.1. The van der Waals surface area contributed by atoms with Crippen molar-refractivity contribution in [3.63, 3.8) is 0 Å². The quantitative estimate of drug-likeness (QED) is 0.819. The minimum atomic E-state index is 0.362. The summed E-state index contributed by atoms with van der Waals surface area (Å²) in [6.07, 6.45) is 5.26. The van der Waals surface area contributed by atoms with Gasteiger partial charge in [-0.15, -0.1) is 0 Å². The molecule has 0 radical (unpaired) electrons. The monoisotopic (exact) mass is 222 g/mol. The number of hydrogen-bond donors (Lipinski definition) is 1. The molecule has 1 aromatic rings.